The SMILES string of the molecule is ClCCCCNCCOc1cccc(Br)c1. The van der Waals surface area contributed by atoms with Gasteiger partial charge >= 0.3 is 0 Å². The quantitative estimate of drug-likeness (QED) is 0.587. The van der Waals surface area contributed by atoms with Gasteiger partial charge in [-0.2, -0.15) is 0 Å². The largest absolute Gasteiger partial charge is 0.492 e. The second-order valence-corrected chi connectivity index (χ2v) is 4.75. The van der Waals surface area contributed by atoms with Crippen molar-refractivity contribution in [2.45, 2.75) is 12.8 Å². The molecule has 0 atom stereocenters. The molecular weight excluding hydrogens is 289 g/mol. The van der Waals surface area contributed by atoms with Crippen LogP contribution in [0.5, 0.6) is 5.75 Å². The summed E-state index contributed by atoms with van der Waals surface area (Å²) in [6.07, 6.45) is 2.20. The Balaban J connectivity index is 2.03. The first-order valence-electron chi connectivity index (χ1n) is 5.48. The lowest BCUT2D eigenvalue weighted by atomic mass is 10.3. The third-order valence-corrected chi connectivity index (χ3v) is 2.84. The summed E-state index contributed by atoms with van der Waals surface area (Å²) < 4.78 is 6.62. The van der Waals surface area contributed by atoms with Crippen LogP contribution in [0.25, 0.3) is 0 Å². The standard InChI is InChI=1S/C12H17BrClNO/c13-11-4-3-5-12(10-11)16-9-8-15-7-2-1-6-14/h3-5,10,15H,1-2,6-9H2. The molecule has 0 aliphatic carbocycles. The molecule has 1 N–H and O–H groups in total. The number of nitrogens with one attached hydrogen (secondary N) is 1. The molecule has 0 aliphatic heterocycles. The van der Waals surface area contributed by atoms with E-state index in [0.717, 1.165) is 42.0 Å². The van der Waals surface area contributed by atoms with Crippen LogP contribution in [-0.2, 0) is 0 Å². The maximum Gasteiger partial charge on any atom is 0.120 e. The molecule has 0 amide bonds. The van der Waals surface area contributed by atoms with E-state index in [1.807, 2.05) is 24.3 Å². The first-order chi connectivity index (χ1) is 7.83. The van der Waals surface area contributed by atoms with E-state index < -0.39 is 0 Å². The van der Waals surface area contributed by atoms with E-state index in [9.17, 15) is 0 Å². The van der Waals surface area contributed by atoms with E-state index in [1.54, 1.807) is 0 Å². The van der Waals surface area contributed by atoms with Crippen molar-refractivity contribution in [1.29, 1.82) is 0 Å². The van der Waals surface area contributed by atoms with Crippen molar-refractivity contribution in [1.82, 2.24) is 5.32 Å². The molecule has 1 rings (SSSR count). The topological polar surface area (TPSA) is 21.3 Å². The fourth-order valence-electron chi connectivity index (χ4n) is 1.27. The monoisotopic (exact) mass is 305 g/mol. The van der Waals surface area contributed by atoms with E-state index in [-0.39, 0.29) is 0 Å². The van der Waals surface area contributed by atoms with Crippen molar-refractivity contribution in [2.75, 3.05) is 25.6 Å². The van der Waals surface area contributed by atoms with Gasteiger partial charge in [0, 0.05) is 16.9 Å². The zero-order valence-corrected chi connectivity index (χ0v) is 11.6. The molecule has 0 aliphatic rings. The van der Waals surface area contributed by atoms with E-state index >= 15 is 0 Å². The van der Waals surface area contributed by atoms with Gasteiger partial charge in [0.05, 0.1) is 0 Å². The highest BCUT2D eigenvalue weighted by Gasteiger charge is 1.94. The number of benzene rings is 1. The van der Waals surface area contributed by atoms with Gasteiger partial charge < -0.3 is 10.1 Å². The molecule has 0 unspecified atom stereocenters. The predicted octanol–water partition coefficient (Wildman–Crippen LogP) is 3.44. The summed E-state index contributed by atoms with van der Waals surface area (Å²) in [4.78, 5) is 0. The van der Waals surface area contributed by atoms with Gasteiger partial charge in [-0.25, -0.2) is 0 Å². The average molecular weight is 307 g/mol. The molecule has 0 spiro atoms. The van der Waals surface area contributed by atoms with Gasteiger partial charge in [0.1, 0.15) is 12.4 Å². The summed E-state index contributed by atoms with van der Waals surface area (Å²) in [5.74, 6) is 1.65. The molecule has 0 radical (unpaired) electrons. The number of ether oxygens (including phenoxy) is 1. The minimum Gasteiger partial charge on any atom is -0.492 e. The van der Waals surface area contributed by atoms with Crippen LogP contribution < -0.4 is 10.1 Å². The van der Waals surface area contributed by atoms with Gasteiger partial charge in [0.15, 0.2) is 0 Å². The maximum atomic E-state index is 5.58. The van der Waals surface area contributed by atoms with Gasteiger partial charge in [-0.1, -0.05) is 22.0 Å². The molecule has 1 aromatic rings. The second-order valence-electron chi connectivity index (χ2n) is 3.45. The zero-order chi connectivity index (χ0) is 11.6. The Morgan fingerprint density at radius 1 is 1.25 bits per heavy atom. The highest BCUT2D eigenvalue weighted by atomic mass is 79.9. The van der Waals surface area contributed by atoms with Crippen molar-refractivity contribution < 1.29 is 4.74 Å². The van der Waals surface area contributed by atoms with Crippen LogP contribution in [0.3, 0.4) is 0 Å². The number of hydrogen-bond donors (Lipinski definition) is 1. The van der Waals surface area contributed by atoms with Crippen molar-refractivity contribution in [3.63, 3.8) is 0 Å². The Morgan fingerprint density at radius 3 is 2.88 bits per heavy atom. The Bertz CT molecular complexity index is 296. The van der Waals surface area contributed by atoms with Gasteiger partial charge in [-0.05, 0) is 37.6 Å². The summed E-state index contributed by atoms with van der Waals surface area (Å²) in [7, 11) is 0. The van der Waals surface area contributed by atoms with E-state index in [2.05, 4.69) is 21.2 Å². The highest BCUT2D eigenvalue weighted by Crippen LogP contribution is 2.17. The summed E-state index contributed by atoms with van der Waals surface area (Å²) in [6, 6.07) is 7.87. The van der Waals surface area contributed by atoms with Gasteiger partial charge in [0.25, 0.3) is 0 Å². The summed E-state index contributed by atoms with van der Waals surface area (Å²) >= 11 is 8.98. The van der Waals surface area contributed by atoms with Crippen LogP contribution in [0.4, 0.5) is 0 Å². The van der Waals surface area contributed by atoms with E-state index in [4.69, 9.17) is 16.3 Å². The molecule has 0 aromatic heterocycles. The van der Waals surface area contributed by atoms with Crippen LogP contribution in [0.1, 0.15) is 12.8 Å². The molecular formula is C12H17BrClNO. The molecule has 0 fully saturated rings. The Labute approximate surface area is 110 Å². The van der Waals surface area contributed by atoms with Gasteiger partial charge in [-0.15, -0.1) is 11.6 Å². The van der Waals surface area contributed by atoms with Crippen LogP contribution in [0.15, 0.2) is 28.7 Å². The molecule has 0 saturated carbocycles. The third-order valence-electron chi connectivity index (χ3n) is 2.08. The number of rotatable bonds is 8. The number of hydrogen-bond acceptors (Lipinski definition) is 2. The molecule has 16 heavy (non-hydrogen) atoms. The lowest BCUT2D eigenvalue weighted by molar-refractivity contribution is 0.313. The van der Waals surface area contributed by atoms with Crippen LogP contribution >= 0.6 is 27.5 Å². The second kappa shape index (κ2) is 8.85. The fourth-order valence-corrected chi connectivity index (χ4v) is 1.83. The first-order valence-corrected chi connectivity index (χ1v) is 6.81. The summed E-state index contributed by atoms with van der Waals surface area (Å²) in [6.45, 7) is 2.57. The van der Waals surface area contributed by atoms with Gasteiger partial charge in [0.2, 0.25) is 0 Å². The van der Waals surface area contributed by atoms with Crippen LogP contribution in [0.2, 0.25) is 0 Å². The van der Waals surface area contributed by atoms with Crippen molar-refractivity contribution >= 4 is 27.5 Å². The maximum absolute atomic E-state index is 5.58. The van der Waals surface area contributed by atoms with Crippen LogP contribution in [-0.4, -0.2) is 25.6 Å². The van der Waals surface area contributed by atoms with E-state index in [0.29, 0.717) is 6.61 Å². The number of alkyl halides is 1. The molecule has 0 bridgehead atoms. The number of unbranched alkanes of at least 4 members (excludes halogenated alkanes) is 1. The molecule has 1 aromatic carbocycles. The van der Waals surface area contributed by atoms with Crippen molar-refractivity contribution in [3.05, 3.63) is 28.7 Å². The third kappa shape index (κ3) is 6.36. The fraction of sp³-hybridized carbons (Fsp3) is 0.500. The van der Waals surface area contributed by atoms with Crippen LogP contribution in [0, 0.1) is 0 Å². The minimum absolute atomic E-state index is 0.692. The molecule has 0 heterocycles. The van der Waals surface area contributed by atoms with Crippen molar-refractivity contribution in [2.24, 2.45) is 0 Å². The molecule has 2 nitrogen and oxygen atoms in total. The molecule has 0 saturated heterocycles. The Hall–Kier alpha value is -0.250. The Morgan fingerprint density at radius 2 is 2.12 bits per heavy atom. The smallest absolute Gasteiger partial charge is 0.120 e. The number of halogens is 2. The van der Waals surface area contributed by atoms with Crippen molar-refractivity contribution in [3.8, 4) is 5.75 Å². The normalized spacial score (nSPS) is 10.4. The first kappa shape index (κ1) is 13.8. The lowest BCUT2D eigenvalue weighted by Crippen LogP contribution is -2.22. The minimum atomic E-state index is 0.692. The Kier molecular flexibility index (Phi) is 7.64. The van der Waals surface area contributed by atoms with E-state index in [1.165, 1.54) is 0 Å². The summed E-state index contributed by atoms with van der Waals surface area (Å²) in [5, 5.41) is 3.31. The predicted molar refractivity (Wildman–Crippen MR) is 72.5 cm³/mol. The van der Waals surface area contributed by atoms with Gasteiger partial charge in [-0.3, -0.25) is 0 Å². The highest BCUT2D eigenvalue weighted by molar-refractivity contribution is 9.10. The average Bonchev–Trinajstić information content (AvgIpc) is 2.28. The zero-order valence-electron chi connectivity index (χ0n) is 9.22. The molecule has 4 heteroatoms. The lowest BCUT2D eigenvalue weighted by Gasteiger charge is -2.07. The molecule has 90 valence electrons. The summed E-state index contributed by atoms with van der Waals surface area (Å²) in [5.41, 5.74) is 0.